The SMILES string of the molecule is CC(C)CN(CC1C(N)C(C)(C)OC1(C)C)C(C)C. The van der Waals surface area contributed by atoms with E-state index in [4.69, 9.17) is 10.5 Å². The molecule has 0 aromatic rings. The summed E-state index contributed by atoms with van der Waals surface area (Å²) in [4.78, 5) is 2.54. The lowest BCUT2D eigenvalue weighted by Gasteiger charge is -2.36. The van der Waals surface area contributed by atoms with Gasteiger partial charge in [0, 0.05) is 31.1 Å². The fraction of sp³-hybridized carbons (Fsp3) is 1.00. The summed E-state index contributed by atoms with van der Waals surface area (Å²) < 4.78 is 6.19. The third kappa shape index (κ3) is 3.93. The molecule has 1 fully saturated rings. The van der Waals surface area contributed by atoms with Crippen LogP contribution in [0.4, 0.5) is 0 Å². The van der Waals surface area contributed by atoms with E-state index in [0.29, 0.717) is 17.9 Å². The molecule has 0 aliphatic carbocycles. The quantitative estimate of drug-likeness (QED) is 0.835. The van der Waals surface area contributed by atoms with Crippen molar-refractivity contribution in [1.82, 2.24) is 4.90 Å². The zero-order chi connectivity index (χ0) is 15.0. The molecule has 1 aliphatic rings. The highest BCUT2D eigenvalue weighted by Gasteiger charge is 2.52. The van der Waals surface area contributed by atoms with E-state index < -0.39 is 0 Å². The molecule has 19 heavy (non-hydrogen) atoms. The molecule has 1 saturated heterocycles. The maximum atomic E-state index is 6.46. The molecule has 3 heteroatoms. The Bertz CT molecular complexity index is 297. The van der Waals surface area contributed by atoms with Gasteiger partial charge in [-0.3, -0.25) is 0 Å². The predicted molar refractivity (Wildman–Crippen MR) is 82.3 cm³/mol. The average Bonchev–Trinajstić information content (AvgIpc) is 2.34. The van der Waals surface area contributed by atoms with Crippen LogP contribution in [0, 0.1) is 11.8 Å². The van der Waals surface area contributed by atoms with E-state index >= 15 is 0 Å². The van der Waals surface area contributed by atoms with Crippen LogP contribution in [0.3, 0.4) is 0 Å². The lowest BCUT2D eigenvalue weighted by Crippen LogP contribution is -2.50. The standard InChI is InChI=1S/C16H34N2O/c1-11(2)9-18(12(3)4)10-13-14(17)16(7,8)19-15(13,5)6/h11-14H,9-10,17H2,1-8H3. The molecular formula is C16H34N2O. The van der Waals surface area contributed by atoms with Crippen molar-refractivity contribution in [2.45, 2.75) is 78.7 Å². The molecule has 0 aromatic carbocycles. The van der Waals surface area contributed by atoms with Crippen LogP contribution in [0.1, 0.15) is 55.4 Å². The maximum absolute atomic E-state index is 6.46. The van der Waals surface area contributed by atoms with Crippen molar-refractivity contribution in [3.05, 3.63) is 0 Å². The van der Waals surface area contributed by atoms with Crippen LogP contribution in [-0.2, 0) is 4.74 Å². The number of rotatable bonds is 5. The van der Waals surface area contributed by atoms with Crippen molar-refractivity contribution >= 4 is 0 Å². The van der Waals surface area contributed by atoms with Crippen LogP contribution in [0.15, 0.2) is 0 Å². The van der Waals surface area contributed by atoms with E-state index in [1.54, 1.807) is 0 Å². The molecule has 0 bridgehead atoms. The minimum atomic E-state index is -0.228. The van der Waals surface area contributed by atoms with Crippen molar-refractivity contribution in [1.29, 1.82) is 0 Å². The first kappa shape index (κ1) is 16.9. The van der Waals surface area contributed by atoms with Crippen molar-refractivity contribution in [2.24, 2.45) is 17.6 Å². The third-order valence-electron chi connectivity index (χ3n) is 4.42. The summed E-state index contributed by atoms with van der Waals surface area (Å²) in [5.41, 5.74) is 6.09. The molecule has 2 unspecified atom stereocenters. The van der Waals surface area contributed by atoms with Crippen molar-refractivity contribution < 1.29 is 4.74 Å². The number of hydrogen-bond acceptors (Lipinski definition) is 3. The molecule has 1 aliphatic heterocycles. The normalized spacial score (nSPS) is 29.7. The van der Waals surface area contributed by atoms with Crippen LogP contribution >= 0.6 is 0 Å². The second kappa shape index (κ2) is 5.71. The van der Waals surface area contributed by atoms with Crippen LogP contribution in [-0.4, -0.2) is 41.3 Å². The van der Waals surface area contributed by atoms with Gasteiger partial charge in [0.15, 0.2) is 0 Å². The van der Waals surface area contributed by atoms with Gasteiger partial charge >= 0.3 is 0 Å². The van der Waals surface area contributed by atoms with Gasteiger partial charge < -0.3 is 15.4 Å². The molecule has 2 atom stereocenters. The Kier molecular flexibility index (Phi) is 5.09. The number of ether oxygens (including phenoxy) is 1. The smallest absolute Gasteiger partial charge is 0.0788 e. The van der Waals surface area contributed by atoms with Gasteiger partial charge in [-0.05, 0) is 47.5 Å². The molecule has 0 radical (unpaired) electrons. The van der Waals surface area contributed by atoms with Crippen LogP contribution < -0.4 is 5.73 Å². The lowest BCUT2D eigenvalue weighted by atomic mass is 9.82. The van der Waals surface area contributed by atoms with Crippen molar-refractivity contribution in [3.8, 4) is 0 Å². The maximum Gasteiger partial charge on any atom is 0.0788 e. The molecule has 3 nitrogen and oxygen atoms in total. The van der Waals surface area contributed by atoms with Gasteiger partial charge in [0.25, 0.3) is 0 Å². The van der Waals surface area contributed by atoms with E-state index in [-0.39, 0.29) is 17.2 Å². The van der Waals surface area contributed by atoms with E-state index in [0.717, 1.165) is 13.1 Å². The average molecular weight is 270 g/mol. The Morgan fingerprint density at radius 3 is 1.89 bits per heavy atom. The highest BCUT2D eigenvalue weighted by Crippen LogP contribution is 2.41. The fourth-order valence-electron chi connectivity index (χ4n) is 3.29. The molecule has 0 amide bonds. The Morgan fingerprint density at radius 1 is 1.05 bits per heavy atom. The van der Waals surface area contributed by atoms with Gasteiger partial charge in [0.2, 0.25) is 0 Å². The topological polar surface area (TPSA) is 38.5 Å². The number of hydrogen-bond donors (Lipinski definition) is 1. The second-order valence-electron chi connectivity index (χ2n) is 7.88. The minimum absolute atomic E-state index is 0.0934. The summed E-state index contributed by atoms with van der Waals surface area (Å²) in [6.45, 7) is 19.8. The van der Waals surface area contributed by atoms with Crippen molar-refractivity contribution in [3.63, 3.8) is 0 Å². The fourth-order valence-corrected chi connectivity index (χ4v) is 3.29. The van der Waals surface area contributed by atoms with Crippen LogP contribution in [0.5, 0.6) is 0 Å². The third-order valence-corrected chi connectivity index (χ3v) is 4.42. The van der Waals surface area contributed by atoms with Crippen LogP contribution in [0.2, 0.25) is 0 Å². The van der Waals surface area contributed by atoms with E-state index in [2.05, 4.69) is 60.3 Å². The summed E-state index contributed by atoms with van der Waals surface area (Å²) in [6.07, 6.45) is 0. The molecule has 1 heterocycles. The second-order valence-corrected chi connectivity index (χ2v) is 7.88. The van der Waals surface area contributed by atoms with E-state index in [1.165, 1.54) is 0 Å². The largest absolute Gasteiger partial charge is 0.368 e. The number of nitrogens with two attached hydrogens (primary N) is 1. The number of nitrogens with zero attached hydrogens (tertiary/aromatic N) is 1. The summed E-state index contributed by atoms with van der Waals surface area (Å²) in [6, 6.07) is 0.644. The predicted octanol–water partition coefficient (Wildman–Crippen LogP) is 2.88. The first-order valence-electron chi connectivity index (χ1n) is 7.67. The highest BCUT2D eigenvalue weighted by molar-refractivity contribution is 5.04. The summed E-state index contributed by atoms with van der Waals surface area (Å²) >= 11 is 0. The molecule has 2 N–H and O–H groups in total. The summed E-state index contributed by atoms with van der Waals surface area (Å²) in [7, 11) is 0. The van der Waals surface area contributed by atoms with E-state index in [1.807, 2.05) is 0 Å². The van der Waals surface area contributed by atoms with Crippen LogP contribution in [0.25, 0.3) is 0 Å². The van der Waals surface area contributed by atoms with Gasteiger partial charge in [-0.2, -0.15) is 0 Å². The summed E-state index contributed by atoms with van der Waals surface area (Å²) in [5.74, 6) is 1.06. The Morgan fingerprint density at radius 2 is 1.58 bits per heavy atom. The highest BCUT2D eigenvalue weighted by atomic mass is 16.5. The molecule has 114 valence electrons. The lowest BCUT2D eigenvalue weighted by molar-refractivity contribution is -0.0791. The monoisotopic (exact) mass is 270 g/mol. The first-order valence-corrected chi connectivity index (χ1v) is 7.67. The first-order chi connectivity index (χ1) is 8.47. The Labute approximate surface area is 119 Å². The molecular weight excluding hydrogens is 236 g/mol. The summed E-state index contributed by atoms with van der Waals surface area (Å²) in [5, 5.41) is 0. The van der Waals surface area contributed by atoms with Gasteiger partial charge in [0.05, 0.1) is 11.2 Å². The molecule has 0 spiro atoms. The Hall–Kier alpha value is -0.120. The van der Waals surface area contributed by atoms with E-state index in [9.17, 15) is 0 Å². The van der Waals surface area contributed by atoms with Gasteiger partial charge in [-0.15, -0.1) is 0 Å². The van der Waals surface area contributed by atoms with Gasteiger partial charge in [-0.1, -0.05) is 13.8 Å². The van der Waals surface area contributed by atoms with Gasteiger partial charge in [-0.25, -0.2) is 0 Å². The molecule has 1 rings (SSSR count). The molecule has 0 aromatic heterocycles. The Balaban J connectivity index is 2.83. The zero-order valence-electron chi connectivity index (χ0n) is 14.2. The molecule has 0 saturated carbocycles. The zero-order valence-corrected chi connectivity index (χ0v) is 14.2. The van der Waals surface area contributed by atoms with Crippen molar-refractivity contribution in [2.75, 3.05) is 13.1 Å². The van der Waals surface area contributed by atoms with Gasteiger partial charge in [0.1, 0.15) is 0 Å². The minimum Gasteiger partial charge on any atom is -0.368 e.